The van der Waals surface area contributed by atoms with Crippen LogP contribution in [0, 0.1) is 11.8 Å². The Hall–Kier alpha value is -0.0400. The van der Waals surface area contributed by atoms with E-state index in [0.29, 0.717) is 11.8 Å². The predicted molar refractivity (Wildman–Crippen MR) is 47.6 cm³/mol. The molecule has 0 spiro atoms. The molecule has 66 valence electrons. The highest BCUT2D eigenvalue weighted by atomic mass is 16.5. The van der Waals surface area contributed by atoms with Gasteiger partial charge in [0.2, 0.25) is 0 Å². The zero-order chi connectivity index (χ0) is 8.48. The van der Waals surface area contributed by atoms with Gasteiger partial charge in [0.1, 0.15) is 0 Å². The van der Waals surface area contributed by atoms with Gasteiger partial charge in [-0.2, -0.15) is 0 Å². The predicted octanol–water partition coefficient (Wildman–Crippen LogP) is 2.85. The molecule has 0 aromatic rings. The molecule has 0 atom stereocenters. The number of hydrogen-bond acceptors (Lipinski definition) is 1. The Kier molecular flexibility index (Phi) is 2.58. The van der Waals surface area contributed by atoms with Crippen molar-refractivity contribution in [1.82, 2.24) is 0 Å². The summed E-state index contributed by atoms with van der Waals surface area (Å²) in [6.07, 6.45) is 2.55. The summed E-state index contributed by atoms with van der Waals surface area (Å²) in [4.78, 5) is 0. The molecule has 0 aromatic heterocycles. The second-order valence-corrected chi connectivity index (χ2v) is 4.42. The van der Waals surface area contributed by atoms with Crippen LogP contribution in [0.15, 0.2) is 0 Å². The lowest BCUT2D eigenvalue weighted by atomic mass is 10.1. The SMILES string of the molecule is CC(C)COC1(C(C)C)CC1. The fraction of sp³-hybridized carbons (Fsp3) is 1.00. The maximum Gasteiger partial charge on any atom is 0.0707 e. The van der Waals surface area contributed by atoms with Crippen LogP contribution in [0.4, 0.5) is 0 Å². The first-order valence-corrected chi connectivity index (χ1v) is 4.71. The Morgan fingerprint density at radius 2 is 1.73 bits per heavy atom. The van der Waals surface area contributed by atoms with E-state index in [2.05, 4.69) is 27.7 Å². The Morgan fingerprint density at radius 3 is 2.00 bits per heavy atom. The summed E-state index contributed by atoms with van der Waals surface area (Å²) in [5, 5.41) is 0. The van der Waals surface area contributed by atoms with Crippen LogP contribution in [-0.4, -0.2) is 12.2 Å². The van der Waals surface area contributed by atoms with Crippen LogP contribution < -0.4 is 0 Å². The average molecular weight is 156 g/mol. The van der Waals surface area contributed by atoms with Gasteiger partial charge in [-0.25, -0.2) is 0 Å². The first-order chi connectivity index (χ1) is 5.07. The molecular formula is C10H20O. The molecule has 0 radical (unpaired) electrons. The monoisotopic (exact) mass is 156 g/mol. The van der Waals surface area contributed by atoms with Gasteiger partial charge in [-0.05, 0) is 24.7 Å². The minimum absolute atomic E-state index is 0.282. The maximum absolute atomic E-state index is 5.86. The molecule has 0 heterocycles. The third kappa shape index (κ3) is 2.19. The molecule has 11 heavy (non-hydrogen) atoms. The van der Waals surface area contributed by atoms with E-state index in [0.717, 1.165) is 6.61 Å². The van der Waals surface area contributed by atoms with Gasteiger partial charge in [-0.3, -0.25) is 0 Å². The largest absolute Gasteiger partial charge is 0.374 e. The van der Waals surface area contributed by atoms with Crippen molar-refractivity contribution in [3.8, 4) is 0 Å². The van der Waals surface area contributed by atoms with E-state index in [4.69, 9.17) is 4.74 Å². The second-order valence-electron chi connectivity index (χ2n) is 4.42. The average Bonchev–Trinajstić information content (AvgIpc) is 2.63. The van der Waals surface area contributed by atoms with Crippen molar-refractivity contribution >= 4 is 0 Å². The molecule has 0 bridgehead atoms. The molecule has 1 heteroatoms. The molecule has 0 unspecified atom stereocenters. The smallest absolute Gasteiger partial charge is 0.0707 e. The highest BCUT2D eigenvalue weighted by molar-refractivity contribution is 4.98. The van der Waals surface area contributed by atoms with Gasteiger partial charge in [-0.15, -0.1) is 0 Å². The summed E-state index contributed by atoms with van der Waals surface area (Å²) >= 11 is 0. The summed E-state index contributed by atoms with van der Waals surface area (Å²) in [5.74, 6) is 1.37. The molecule has 1 aliphatic carbocycles. The molecule has 0 aliphatic heterocycles. The molecule has 1 rings (SSSR count). The fourth-order valence-electron chi connectivity index (χ4n) is 1.34. The lowest BCUT2D eigenvalue weighted by Gasteiger charge is -2.21. The Morgan fingerprint density at radius 1 is 1.18 bits per heavy atom. The van der Waals surface area contributed by atoms with Crippen LogP contribution in [-0.2, 0) is 4.74 Å². The minimum atomic E-state index is 0.282. The van der Waals surface area contributed by atoms with Crippen molar-refractivity contribution in [3.05, 3.63) is 0 Å². The highest BCUT2D eigenvalue weighted by Gasteiger charge is 2.46. The zero-order valence-electron chi connectivity index (χ0n) is 8.18. The van der Waals surface area contributed by atoms with Crippen LogP contribution in [0.1, 0.15) is 40.5 Å². The molecule has 0 N–H and O–H groups in total. The van der Waals surface area contributed by atoms with Crippen LogP contribution in [0.3, 0.4) is 0 Å². The van der Waals surface area contributed by atoms with Crippen LogP contribution in [0.2, 0.25) is 0 Å². The molecule has 0 amide bonds. The first-order valence-electron chi connectivity index (χ1n) is 4.71. The molecule has 1 saturated carbocycles. The lowest BCUT2D eigenvalue weighted by molar-refractivity contribution is -0.0131. The van der Waals surface area contributed by atoms with Crippen molar-refractivity contribution in [2.24, 2.45) is 11.8 Å². The van der Waals surface area contributed by atoms with E-state index in [9.17, 15) is 0 Å². The van der Waals surface area contributed by atoms with Gasteiger partial charge in [0.25, 0.3) is 0 Å². The van der Waals surface area contributed by atoms with E-state index in [1.165, 1.54) is 12.8 Å². The lowest BCUT2D eigenvalue weighted by Crippen LogP contribution is -2.23. The summed E-state index contributed by atoms with van der Waals surface area (Å²) in [6, 6.07) is 0. The molecular weight excluding hydrogens is 136 g/mol. The topological polar surface area (TPSA) is 9.23 Å². The van der Waals surface area contributed by atoms with Crippen molar-refractivity contribution in [3.63, 3.8) is 0 Å². The summed E-state index contributed by atoms with van der Waals surface area (Å²) in [6.45, 7) is 9.85. The molecule has 0 aromatic carbocycles. The quantitative estimate of drug-likeness (QED) is 0.608. The summed E-state index contributed by atoms with van der Waals surface area (Å²) < 4.78 is 5.86. The molecule has 1 fully saturated rings. The Labute approximate surface area is 70.1 Å². The van der Waals surface area contributed by atoms with E-state index in [-0.39, 0.29) is 5.60 Å². The van der Waals surface area contributed by atoms with E-state index >= 15 is 0 Å². The normalized spacial score (nSPS) is 21.3. The van der Waals surface area contributed by atoms with Crippen LogP contribution in [0.25, 0.3) is 0 Å². The second kappa shape index (κ2) is 3.14. The number of hydrogen-bond donors (Lipinski definition) is 0. The van der Waals surface area contributed by atoms with Crippen molar-refractivity contribution < 1.29 is 4.74 Å². The van der Waals surface area contributed by atoms with Gasteiger partial charge in [0.15, 0.2) is 0 Å². The van der Waals surface area contributed by atoms with Crippen molar-refractivity contribution in [2.45, 2.75) is 46.1 Å². The highest BCUT2D eigenvalue weighted by Crippen LogP contribution is 2.45. The third-order valence-electron chi connectivity index (χ3n) is 2.50. The minimum Gasteiger partial charge on any atom is -0.374 e. The third-order valence-corrected chi connectivity index (χ3v) is 2.50. The Bertz CT molecular complexity index is 123. The molecule has 1 nitrogen and oxygen atoms in total. The van der Waals surface area contributed by atoms with Gasteiger partial charge in [0.05, 0.1) is 5.60 Å². The van der Waals surface area contributed by atoms with E-state index in [1.807, 2.05) is 0 Å². The Balaban J connectivity index is 2.25. The van der Waals surface area contributed by atoms with Crippen molar-refractivity contribution in [2.75, 3.05) is 6.61 Å². The van der Waals surface area contributed by atoms with E-state index < -0.39 is 0 Å². The van der Waals surface area contributed by atoms with Crippen molar-refractivity contribution in [1.29, 1.82) is 0 Å². The van der Waals surface area contributed by atoms with Gasteiger partial charge in [-0.1, -0.05) is 27.7 Å². The zero-order valence-corrected chi connectivity index (χ0v) is 8.18. The number of ether oxygens (including phenoxy) is 1. The molecule has 0 saturated heterocycles. The van der Waals surface area contributed by atoms with Gasteiger partial charge in [0, 0.05) is 6.61 Å². The molecule has 1 aliphatic rings. The first kappa shape index (κ1) is 9.05. The van der Waals surface area contributed by atoms with Crippen LogP contribution in [0.5, 0.6) is 0 Å². The van der Waals surface area contributed by atoms with Gasteiger partial charge >= 0.3 is 0 Å². The van der Waals surface area contributed by atoms with E-state index in [1.54, 1.807) is 0 Å². The standard InChI is InChI=1S/C10H20O/c1-8(2)7-11-10(5-6-10)9(3)4/h8-9H,5-7H2,1-4H3. The fourth-order valence-corrected chi connectivity index (χ4v) is 1.34. The number of rotatable bonds is 4. The van der Waals surface area contributed by atoms with Crippen LogP contribution >= 0.6 is 0 Å². The van der Waals surface area contributed by atoms with Gasteiger partial charge < -0.3 is 4.74 Å². The summed E-state index contributed by atoms with van der Waals surface area (Å²) in [5.41, 5.74) is 0.282. The summed E-state index contributed by atoms with van der Waals surface area (Å²) in [7, 11) is 0. The maximum atomic E-state index is 5.86.